The second kappa shape index (κ2) is 10.9. The molecular weight excluding hydrogens is 430 g/mol. The lowest BCUT2D eigenvalue weighted by molar-refractivity contribution is 0.0212. The van der Waals surface area contributed by atoms with E-state index in [2.05, 4.69) is 39.7 Å². The first-order valence-electron chi connectivity index (χ1n) is 10.7. The number of ether oxygens (including phenoxy) is 2. The predicted octanol–water partition coefficient (Wildman–Crippen LogP) is 3.87. The van der Waals surface area contributed by atoms with Crippen molar-refractivity contribution >= 4 is 17.7 Å². The van der Waals surface area contributed by atoms with E-state index in [9.17, 15) is 4.79 Å². The van der Waals surface area contributed by atoms with Gasteiger partial charge in [-0.25, -0.2) is 4.79 Å². The number of tetrazole rings is 1. The first-order chi connectivity index (χ1) is 15.7. The smallest absolute Gasteiger partial charge is 0.410 e. The van der Waals surface area contributed by atoms with Gasteiger partial charge < -0.3 is 14.4 Å². The van der Waals surface area contributed by atoms with Crippen LogP contribution in [0.25, 0.3) is 0 Å². The Kier molecular flexibility index (Phi) is 7.55. The van der Waals surface area contributed by atoms with Gasteiger partial charge in [0.1, 0.15) is 18.9 Å². The monoisotopic (exact) mass is 455 g/mol. The van der Waals surface area contributed by atoms with E-state index in [0.717, 1.165) is 19.3 Å². The summed E-state index contributed by atoms with van der Waals surface area (Å²) in [4.78, 5) is 16.0. The van der Waals surface area contributed by atoms with E-state index in [4.69, 9.17) is 21.1 Å². The molecule has 0 spiro atoms. The molecule has 2 heterocycles. The molecule has 2 aromatic carbocycles. The minimum absolute atomic E-state index is 0.166. The van der Waals surface area contributed by atoms with Gasteiger partial charge in [0.05, 0.1) is 0 Å². The largest absolute Gasteiger partial charge is 0.490 e. The van der Waals surface area contributed by atoms with E-state index in [1.165, 1.54) is 16.7 Å². The van der Waals surface area contributed by atoms with Crippen LogP contribution in [0.15, 0.2) is 60.9 Å². The Morgan fingerprint density at radius 1 is 1.09 bits per heavy atom. The summed E-state index contributed by atoms with van der Waals surface area (Å²) < 4.78 is 11.6. The Balaban J connectivity index is 1.29. The van der Waals surface area contributed by atoms with Crippen LogP contribution < -0.4 is 4.74 Å². The standard InChI is InChI=1S/C23H26ClN5O3/c24-20-6-8-21(9-7-20)31-16-22(15-29-26-17-25-27-29)32-23(30)28-12-10-19(11-13-28)14-18-4-2-1-3-5-18/h1-9,17,19,22H,10-16H2. The van der Waals surface area contributed by atoms with Crippen LogP contribution in [0.4, 0.5) is 4.79 Å². The van der Waals surface area contributed by atoms with Crippen LogP contribution >= 0.6 is 11.6 Å². The molecule has 1 saturated heterocycles. The SMILES string of the molecule is O=C(OC(COc1ccc(Cl)cc1)Cn1ncnn1)N1CCC(Cc2ccccc2)CC1. The topological polar surface area (TPSA) is 82.4 Å². The molecule has 0 aliphatic carbocycles. The Labute approximate surface area is 192 Å². The van der Waals surface area contributed by atoms with E-state index in [1.807, 2.05) is 6.07 Å². The highest BCUT2D eigenvalue weighted by Crippen LogP contribution is 2.22. The van der Waals surface area contributed by atoms with Crippen molar-refractivity contribution in [3.8, 4) is 5.75 Å². The highest BCUT2D eigenvalue weighted by molar-refractivity contribution is 6.30. The zero-order valence-electron chi connectivity index (χ0n) is 17.7. The van der Waals surface area contributed by atoms with Crippen molar-refractivity contribution in [2.24, 2.45) is 5.92 Å². The summed E-state index contributed by atoms with van der Waals surface area (Å²) in [5.74, 6) is 1.22. The predicted molar refractivity (Wildman–Crippen MR) is 119 cm³/mol. The summed E-state index contributed by atoms with van der Waals surface area (Å²) >= 11 is 5.92. The summed E-state index contributed by atoms with van der Waals surface area (Å²) in [7, 11) is 0. The number of likely N-dealkylation sites (tertiary alicyclic amines) is 1. The average Bonchev–Trinajstić information content (AvgIpc) is 3.33. The zero-order chi connectivity index (χ0) is 22.2. The lowest BCUT2D eigenvalue weighted by Gasteiger charge is -2.32. The van der Waals surface area contributed by atoms with Crippen molar-refractivity contribution in [1.82, 2.24) is 25.1 Å². The van der Waals surface area contributed by atoms with Crippen LogP contribution in [0.2, 0.25) is 5.02 Å². The van der Waals surface area contributed by atoms with Crippen molar-refractivity contribution in [3.05, 3.63) is 71.5 Å². The maximum absolute atomic E-state index is 12.8. The fraction of sp³-hybridized carbons (Fsp3) is 0.391. The van der Waals surface area contributed by atoms with E-state index in [0.29, 0.717) is 29.8 Å². The third-order valence-electron chi connectivity index (χ3n) is 5.52. The summed E-state index contributed by atoms with van der Waals surface area (Å²) in [6.45, 7) is 1.79. The molecule has 1 atom stereocenters. The van der Waals surface area contributed by atoms with Crippen LogP contribution in [0, 0.1) is 5.92 Å². The van der Waals surface area contributed by atoms with Crippen LogP contribution in [-0.2, 0) is 17.7 Å². The molecule has 0 radical (unpaired) electrons. The minimum Gasteiger partial charge on any atom is -0.490 e. The second-order valence-corrected chi connectivity index (χ2v) is 8.32. The molecule has 1 fully saturated rings. The Morgan fingerprint density at radius 2 is 1.84 bits per heavy atom. The fourth-order valence-corrected chi connectivity index (χ4v) is 3.91. The van der Waals surface area contributed by atoms with Gasteiger partial charge in [0, 0.05) is 18.1 Å². The highest BCUT2D eigenvalue weighted by Gasteiger charge is 2.27. The molecule has 3 aromatic rings. The maximum atomic E-state index is 12.8. The number of piperidine rings is 1. The molecule has 1 amide bonds. The number of aromatic nitrogens is 4. The molecule has 168 valence electrons. The van der Waals surface area contributed by atoms with E-state index in [1.54, 1.807) is 29.2 Å². The summed E-state index contributed by atoms with van der Waals surface area (Å²) in [6, 6.07) is 17.5. The van der Waals surface area contributed by atoms with Crippen molar-refractivity contribution < 1.29 is 14.3 Å². The third kappa shape index (κ3) is 6.43. The number of carbonyl (C=O) groups is 1. The maximum Gasteiger partial charge on any atom is 0.410 e. The lowest BCUT2D eigenvalue weighted by Crippen LogP contribution is -2.42. The van der Waals surface area contributed by atoms with E-state index < -0.39 is 6.10 Å². The molecule has 9 heteroatoms. The third-order valence-corrected chi connectivity index (χ3v) is 5.77. The Hall–Kier alpha value is -3.13. The fourth-order valence-electron chi connectivity index (χ4n) is 3.78. The van der Waals surface area contributed by atoms with Crippen LogP contribution in [0.1, 0.15) is 18.4 Å². The van der Waals surface area contributed by atoms with Gasteiger partial charge in [-0.2, -0.15) is 4.80 Å². The van der Waals surface area contributed by atoms with Gasteiger partial charge in [-0.3, -0.25) is 0 Å². The first kappa shape index (κ1) is 22.1. The van der Waals surface area contributed by atoms with Crippen molar-refractivity contribution in [1.29, 1.82) is 0 Å². The van der Waals surface area contributed by atoms with E-state index >= 15 is 0 Å². The Bertz CT molecular complexity index is 961. The number of carbonyl (C=O) groups excluding carboxylic acids is 1. The van der Waals surface area contributed by atoms with Gasteiger partial charge in [-0.1, -0.05) is 41.9 Å². The average molecular weight is 456 g/mol. The number of benzene rings is 2. The molecule has 8 nitrogen and oxygen atoms in total. The molecule has 32 heavy (non-hydrogen) atoms. The highest BCUT2D eigenvalue weighted by atomic mass is 35.5. The van der Waals surface area contributed by atoms with Crippen molar-refractivity contribution in [2.75, 3.05) is 19.7 Å². The van der Waals surface area contributed by atoms with Crippen LogP contribution in [-0.4, -0.2) is 57.0 Å². The van der Waals surface area contributed by atoms with Crippen molar-refractivity contribution in [2.45, 2.75) is 31.9 Å². The van der Waals surface area contributed by atoms with Gasteiger partial charge in [0.2, 0.25) is 0 Å². The van der Waals surface area contributed by atoms with Gasteiger partial charge >= 0.3 is 6.09 Å². The molecule has 1 aliphatic heterocycles. The number of nitrogens with zero attached hydrogens (tertiary/aromatic N) is 5. The Morgan fingerprint density at radius 3 is 2.53 bits per heavy atom. The quantitative estimate of drug-likeness (QED) is 0.513. The zero-order valence-corrected chi connectivity index (χ0v) is 18.5. The molecule has 0 bridgehead atoms. The minimum atomic E-state index is -0.561. The molecule has 1 aromatic heterocycles. The van der Waals surface area contributed by atoms with Crippen LogP contribution in [0.5, 0.6) is 5.75 Å². The first-order valence-corrected chi connectivity index (χ1v) is 11.1. The van der Waals surface area contributed by atoms with Crippen molar-refractivity contribution in [3.63, 3.8) is 0 Å². The second-order valence-electron chi connectivity index (χ2n) is 7.88. The number of amides is 1. The summed E-state index contributed by atoms with van der Waals surface area (Å²) in [5, 5.41) is 12.2. The molecule has 1 unspecified atom stereocenters. The summed E-state index contributed by atoms with van der Waals surface area (Å²) in [5.41, 5.74) is 1.34. The number of rotatable bonds is 8. The number of hydrogen-bond donors (Lipinski definition) is 0. The molecule has 0 N–H and O–H groups in total. The molecule has 4 rings (SSSR count). The number of hydrogen-bond acceptors (Lipinski definition) is 6. The van der Waals surface area contributed by atoms with E-state index in [-0.39, 0.29) is 19.2 Å². The van der Waals surface area contributed by atoms with Gasteiger partial charge in [-0.15, -0.1) is 10.2 Å². The number of halogens is 1. The van der Waals surface area contributed by atoms with Gasteiger partial charge in [0.25, 0.3) is 0 Å². The van der Waals surface area contributed by atoms with Gasteiger partial charge in [0.15, 0.2) is 12.4 Å². The van der Waals surface area contributed by atoms with Gasteiger partial charge in [-0.05, 0) is 60.2 Å². The lowest BCUT2D eigenvalue weighted by atomic mass is 9.90. The molecule has 0 saturated carbocycles. The van der Waals surface area contributed by atoms with Crippen LogP contribution in [0.3, 0.4) is 0 Å². The molecule has 1 aliphatic rings. The molecular formula is C23H26ClN5O3. The normalized spacial score (nSPS) is 15.3. The summed E-state index contributed by atoms with van der Waals surface area (Å²) in [6.07, 6.45) is 3.40.